The molecule has 1 N–H and O–H groups in total. The lowest BCUT2D eigenvalue weighted by atomic mass is 9.84. The average Bonchev–Trinajstić information content (AvgIpc) is 2.40. The summed E-state index contributed by atoms with van der Waals surface area (Å²) in [5.41, 5.74) is 1.08. The van der Waals surface area contributed by atoms with Gasteiger partial charge in [0.15, 0.2) is 0 Å². The third kappa shape index (κ3) is 2.99. The second kappa shape index (κ2) is 5.71. The molecule has 2 atom stereocenters. The van der Waals surface area contributed by atoms with Gasteiger partial charge in [0.2, 0.25) is 0 Å². The van der Waals surface area contributed by atoms with Gasteiger partial charge in [-0.05, 0) is 25.0 Å². The molecule has 0 bridgehead atoms. The number of hydrogen-bond acceptors (Lipinski definition) is 3. The monoisotopic (exact) mass is 233 g/mol. The summed E-state index contributed by atoms with van der Waals surface area (Å²) in [4.78, 5) is 11.7. The van der Waals surface area contributed by atoms with Crippen molar-refractivity contribution < 1.29 is 9.53 Å². The molecule has 0 amide bonds. The fourth-order valence-corrected chi connectivity index (χ4v) is 2.49. The molecule has 1 aromatic carbocycles. The van der Waals surface area contributed by atoms with Gasteiger partial charge >= 0.3 is 5.97 Å². The first-order valence-electron chi connectivity index (χ1n) is 6.20. The second-order valence-electron chi connectivity index (χ2n) is 4.53. The fourth-order valence-electron chi connectivity index (χ4n) is 2.49. The maximum atomic E-state index is 11.7. The van der Waals surface area contributed by atoms with E-state index in [-0.39, 0.29) is 17.9 Å². The summed E-state index contributed by atoms with van der Waals surface area (Å²) in [7, 11) is 1.47. The van der Waals surface area contributed by atoms with Gasteiger partial charge < -0.3 is 10.1 Å². The highest BCUT2D eigenvalue weighted by Crippen LogP contribution is 2.28. The van der Waals surface area contributed by atoms with Gasteiger partial charge in [0.05, 0.1) is 13.0 Å². The first-order valence-corrected chi connectivity index (χ1v) is 6.20. The molecule has 0 aliphatic heterocycles. The van der Waals surface area contributed by atoms with Gasteiger partial charge in [-0.2, -0.15) is 0 Å². The number of hydrogen-bond donors (Lipinski definition) is 1. The second-order valence-corrected chi connectivity index (χ2v) is 4.53. The summed E-state index contributed by atoms with van der Waals surface area (Å²) in [6.45, 7) is 0. The van der Waals surface area contributed by atoms with Gasteiger partial charge in [0.25, 0.3) is 0 Å². The molecule has 1 saturated carbocycles. The molecule has 1 aliphatic carbocycles. The van der Waals surface area contributed by atoms with Crippen molar-refractivity contribution in [2.45, 2.75) is 31.7 Å². The predicted molar refractivity (Wildman–Crippen MR) is 67.8 cm³/mol. The number of anilines is 1. The molecule has 17 heavy (non-hydrogen) atoms. The van der Waals surface area contributed by atoms with Gasteiger partial charge in [-0.15, -0.1) is 0 Å². The SMILES string of the molecule is COC(=O)[C@@H]1CCCC[C@H]1Nc1ccccc1. The van der Waals surface area contributed by atoms with E-state index >= 15 is 0 Å². The molecule has 1 fully saturated rings. The minimum absolute atomic E-state index is 0.00560. The maximum Gasteiger partial charge on any atom is 0.310 e. The summed E-state index contributed by atoms with van der Waals surface area (Å²) in [5.74, 6) is -0.0907. The minimum atomic E-state index is -0.0851. The van der Waals surface area contributed by atoms with Crippen LogP contribution in [0.2, 0.25) is 0 Å². The summed E-state index contributed by atoms with van der Waals surface area (Å²) < 4.78 is 4.88. The molecular weight excluding hydrogens is 214 g/mol. The Bertz CT molecular complexity index is 364. The molecule has 3 nitrogen and oxygen atoms in total. The van der Waals surface area contributed by atoms with Crippen LogP contribution in [-0.4, -0.2) is 19.1 Å². The van der Waals surface area contributed by atoms with E-state index in [1.165, 1.54) is 13.5 Å². The van der Waals surface area contributed by atoms with E-state index < -0.39 is 0 Å². The van der Waals surface area contributed by atoms with E-state index in [9.17, 15) is 4.79 Å². The Morgan fingerprint density at radius 3 is 2.65 bits per heavy atom. The lowest BCUT2D eigenvalue weighted by Crippen LogP contribution is -2.37. The highest BCUT2D eigenvalue weighted by molar-refractivity contribution is 5.74. The molecule has 0 saturated heterocycles. The zero-order valence-electron chi connectivity index (χ0n) is 10.2. The Morgan fingerprint density at radius 1 is 1.24 bits per heavy atom. The standard InChI is InChI=1S/C14H19NO2/c1-17-14(16)12-9-5-6-10-13(12)15-11-7-3-2-4-8-11/h2-4,7-8,12-13,15H,5-6,9-10H2,1H3/t12-,13-/m1/s1. The van der Waals surface area contributed by atoms with Crippen molar-refractivity contribution in [2.24, 2.45) is 5.92 Å². The Balaban J connectivity index is 2.04. The molecule has 3 heteroatoms. The van der Waals surface area contributed by atoms with Gasteiger partial charge in [-0.25, -0.2) is 0 Å². The number of nitrogens with one attached hydrogen (secondary N) is 1. The number of benzene rings is 1. The fraction of sp³-hybridized carbons (Fsp3) is 0.500. The molecular formula is C14H19NO2. The third-order valence-corrected chi connectivity index (χ3v) is 3.40. The van der Waals surface area contributed by atoms with Crippen LogP contribution in [0.25, 0.3) is 0 Å². The quantitative estimate of drug-likeness (QED) is 0.816. The van der Waals surface area contributed by atoms with Crippen LogP contribution >= 0.6 is 0 Å². The molecule has 0 spiro atoms. The van der Waals surface area contributed by atoms with Crippen LogP contribution in [0.15, 0.2) is 30.3 Å². The van der Waals surface area contributed by atoms with Crippen molar-refractivity contribution in [3.63, 3.8) is 0 Å². The maximum absolute atomic E-state index is 11.7. The summed E-state index contributed by atoms with van der Waals surface area (Å²) >= 11 is 0. The number of ether oxygens (including phenoxy) is 1. The Labute approximate surface area is 102 Å². The van der Waals surface area contributed by atoms with Gasteiger partial charge in [0.1, 0.15) is 0 Å². The smallest absolute Gasteiger partial charge is 0.310 e. The summed E-state index contributed by atoms with van der Waals surface area (Å²) in [6, 6.07) is 10.3. The molecule has 1 aromatic rings. The third-order valence-electron chi connectivity index (χ3n) is 3.40. The van der Waals surface area contributed by atoms with E-state index in [4.69, 9.17) is 4.74 Å². The lowest BCUT2D eigenvalue weighted by molar-refractivity contribution is -0.146. The molecule has 0 unspecified atom stereocenters. The predicted octanol–water partition coefficient (Wildman–Crippen LogP) is 2.83. The van der Waals surface area contributed by atoms with Gasteiger partial charge in [-0.3, -0.25) is 4.79 Å². The van der Waals surface area contributed by atoms with Crippen LogP contribution < -0.4 is 5.32 Å². The van der Waals surface area contributed by atoms with Crippen molar-refractivity contribution in [3.8, 4) is 0 Å². The van der Waals surface area contributed by atoms with Gasteiger partial charge in [-0.1, -0.05) is 31.0 Å². The summed E-state index contributed by atoms with van der Waals surface area (Å²) in [6.07, 6.45) is 4.26. The van der Waals surface area contributed by atoms with E-state index in [2.05, 4.69) is 5.32 Å². The van der Waals surface area contributed by atoms with Crippen molar-refractivity contribution >= 4 is 11.7 Å². The van der Waals surface area contributed by atoms with Crippen LogP contribution in [-0.2, 0) is 9.53 Å². The average molecular weight is 233 g/mol. The molecule has 92 valence electrons. The van der Waals surface area contributed by atoms with E-state index in [0.29, 0.717) is 0 Å². The molecule has 2 rings (SSSR count). The number of carbonyl (C=O) groups is 1. The minimum Gasteiger partial charge on any atom is -0.469 e. The normalized spacial score (nSPS) is 24.1. The van der Waals surface area contributed by atoms with Crippen molar-refractivity contribution in [3.05, 3.63) is 30.3 Å². The van der Waals surface area contributed by atoms with E-state index in [1.54, 1.807) is 0 Å². The van der Waals surface area contributed by atoms with Crippen molar-refractivity contribution in [2.75, 3.05) is 12.4 Å². The zero-order valence-corrected chi connectivity index (χ0v) is 10.2. The molecule has 0 radical (unpaired) electrons. The van der Waals surface area contributed by atoms with Crippen LogP contribution in [0.1, 0.15) is 25.7 Å². The number of para-hydroxylation sites is 1. The Kier molecular flexibility index (Phi) is 4.02. The zero-order chi connectivity index (χ0) is 12.1. The highest BCUT2D eigenvalue weighted by Gasteiger charge is 2.31. The van der Waals surface area contributed by atoms with E-state index in [0.717, 1.165) is 24.9 Å². The summed E-state index contributed by atoms with van der Waals surface area (Å²) in [5, 5.41) is 3.45. The Hall–Kier alpha value is -1.51. The lowest BCUT2D eigenvalue weighted by Gasteiger charge is -2.30. The number of carbonyl (C=O) groups excluding carboxylic acids is 1. The van der Waals surface area contributed by atoms with Crippen molar-refractivity contribution in [1.29, 1.82) is 0 Å². The van der Waals surface area contributed by atoms with Crippen LogP contribution in [0.4, 0.5) is 5.69 Å². The highest BCUT2D eigenvalue weighted by atomic mass is 16.5. The van der Waals surface area contributed by atoms with Crippen LogP contribution in [0, 0.1) is 5.92 Å². The largest absolute Gasteiger partial charge is 0.469 e. The van der Waals surface area contributed by atoms with Crippen LogP contribution in [0.3, 0.4) is 0 Å². The number of esters is 1. The van der Waals surface area contributed by atoms with Crippen LogP contribution in [0.5, 0.6) is 0 Å². The molecule has 0 heterocycles. The molecule has 0 aromatic heterocycles. The van der Waals surface area contributed by atoms with Gasteiger partial charge in [0, 0.05) is 11.7 Å². The Morgan fingerprint density at radius 2 is 1.94 bits per heavy atom. The molecule has 1 aliphatic rings. The first-order chi connectivity index (χ1) is 8.31. The number of rotatable bonds is 3. The van der Waals surface area contributed by atoms with Crippen molar-refractivity contribution in [1.82, 2.24) is 0 Å². The van der Waals surface area contributed by atoms with E-state index in [1.807, 2.05) is 30.3 Å². The number of methoxy groups -OCH3 is 1. The topological polar surface area (TPSA) is 38.3 Å². The first kappa shape index (κ1) is 12.0.